The number of carbonyl (C=O) groups is 1. The number of carbonyl (C=O) groups excluding carboxylic acids is 1. The van der Waals surface area contributed by atoms with Crippen molar-refractivity contribution < 1.29 is 9.90 Å². The predicted molar refractivity (Wildman–Crippen MR) is 78.5 cm³/mol. The summed E-state index contributed by atoms with van der Waals surface area (Å²) < 4.78 is 0. The Hall–Kier alpha value is -2.41. The number of aliphatic hydroxyl groups excluding tert-OH is 1. The van der Waals surface area contributed by atoms with Crippen LogP contribution < -0.4 is 10.6 Å². The number of nitrogens with zero attached hydrogens (tertiary/aromatic N) is 2. The highest BCUT2D eigenvalue weighted by atomic mass is 16.3. The number of nitrogens with one attached hydrogen (secondary N) is 3. The van der Waals surface area contributed by atoms with Gasteiger partial charge in [0.25, 0.3) is 0 Å². The highest BCUT2D eigenvalue weighted by Crippen LogP contribution is 2.16. The number of aromatic nitrogens is 3. The van der Waals surface area contributed by atoms with Gasteiger partial charge in [0, 0.05) is 25.3 Å². The third-order valence-electron chi connectivity index (χ3n) is 2.86. The number of urea groups is 1. The van der Waals surface area contributed by atoms with Crippen molar-refractivity contribution in [3.05, 3.63) is 35.7 Å². The number of amides is 2. The van der Waals surface area contributed by atoms with E-state index in [-0.39, 0.29) is 12.6 Å². The van der Waals surface area contributed by atoms with Gasteiger partial charge in [-0.25, -0.2) is 9.78 Å². The number of aryl methyl sites for hydroxylation is 1. The number of H-pyrrole nitrogens is 1. The van der Waals surface area contributed by atoms with Crippen LogP contribution in [0.2, 0.25) is 0 Å². The van der Waals surface area contributed by atoms with E-state index >= 15 is 0 Å². The molecule has 0 atom stereocenters. The summed E-state index contributed by atoms with van der Waals surface area (Å²) in [6.45, 7) is 2.79. The van der Waals surface area contributed by atoms with Crippen LogP contribution in [0.4, 0.5) is 4.79 Å². The lowest BCUT2D eigenvalue weighted by atomic mass is 10.1. The molecular weight excluding hydrogens is 270 g/mol. The zero-order valence-electron chi connectivity index (χ0n) is 11.9. The summed E-state index contributed by atoms with van der Waals surface area (Å²) in [4.78, 5) is 15.8. The van der Waals surface area contributed by atoms with E-state index in [9.17, 15) is 4.79 Å². The van der Waals surface area contributed by atoms with E-state index in [2.05, 4.69) is 25.8 Å². The molecule has 0 unspecified atom stereocenters. The third-order valence-corrected chi connectivity index (χ3v) is 2.86. The van der Waals surface area contributed by atoms with Crippen molar-refractivity contribution in [3.63, 3.8) is 0 Å². The van der Waals surface area contributed by atoms with Gasteiger partial charge in [-0.3, -0.25) is 5.10 Å². The fourth-order valence-corrected chi connectivity index (χ4v) is 1.82. The van der Waals surface area contributed by atoms with Crippen molar-refractivity contribution in [1.29, 1.82) is 0 Å². The molecule has 0 fully saturated rings. The van der Waals surface area contributed by atoms with Crippen LogP contribution >= 0.6 is 0 Å². The Balaban J connectivity index is 1.91. The standard InChI is InChI=1S/C14H19N5O2/c1-10-17-13(19-18-10)12-5-2-4-11(8-12)9-16-14(21)15-6-3-7-20/h2,4-5,8,20H,3,6-7,9H2,1H3,(H2,15,16,21)(H,17,18,19). The molecule has 0 bridgehead atoms. The largest absolute Gasteiger partial charge is 0.396 e. The molecule has 112 valence electrons. The summed E-state index contributed by atoms with van der Waals surface area (Å²) in [6.07, 6.45) is 0.549. The Bertz CT molecular complexity index is 597. The Labute approximate surface area is 122 Å². The summed E-state index contributed by atoms with van der Waals surface area (Å²) in [5, 5.41) is 21.0. The molecule has 0 saturated carbocycles. The van der Waals surface area contributed by atoms with Crippen molar-refractivity contribution in [2.45, 2.75) is 19.9 Å². The number of aliphatic hydroxyl groups is 1. The summed E-state index contributed by atoms with van der Waals surface area (Å²) in [7, 11) is 0. The third kappa shape index (κ3) is 4.57. The number of aromatic amines is 1. The summed E-state index contributed by atoms with van der Waals surface area (Å²) >= 11 is 0. The maximum atomic E-state index is 11.5. The van der Waals surface area contributed by atoms with Gasteiger partial charge in [-0.1, -0.05) is 18.2 Å². The molecule has 4 N–H and O–H groups in total. The van der Waals surface area contributed by atoms with Crippen LogP contribution in [-0.2, 0) is 6.54 Å². The number of hydrogen-bond acceptors (Lipinski definition) is 4. The number of rotatable bonds is 6. The van der Waals surface area contributed by atoms with Gasteiger partial charge >= 0.3 is 6.03 Å². The first-order valence-corrected chi connectivity index (χ1v) is 6.80. The van der Waals surface area contributed by atoms with Crippen LogP contribution in [-0.4, -0.2) is 39.5 Å². The minimum Gasteiger partial charge on any atom is -0.396 e. The second-order valence-corrected chi connectivity index (χ2v) is 4.63. The van der Waals surface area contributed by atoms with Gasteiger partial charge in [0.2, 0.25) is 0 Å². The monoisotopic (exact) mass is 289 g/mol. The Morgan fingerprint density at radius 2 is 2.24 bits per heavy atom. The molecule has 1 heterocycles. The lowest BCUT2D eigenvalue weighted by Gasteiger charge is -2.07. The molecule has 1 aromatic heterocycles. The Morgan fingerprint density at radius 3 is 2.95 bits per heavy atom. The first-order valence-electron chi connectivity index (χ1n) is 6.80. The smallest absolute Gasteiger partial charge is 0.315 e. The lowest BCUT2D eigenvalue weighted by molar-refractivity contribution is 0.237. The molecular formula is C14H19N5O2. The fourth-order valence-electron chi connectivity index (χ4n) is 1.82. The van der Waals surface area contributed by atoms with Gasteiger partial charge in [0.15, 0.2) is 5.82 Å². The molecule has 0 saturated heterocycles. The molecule has 0 radical (unpaired) electrons. The number of benzene rings is 1. The number of hydrogen-bond donors (Lipinski definition) is 4. The Kier molecular flexibility index (Phi) is 5.28. The topological polar surface area (TPSA) is 103 Å². The van der Waals surface area contributed by atoms with E-state index < -0.39 is 0 Å². The summed E-state index contributed by atoms with van der Waals surface area (Å²) in [6, 6.07) is 7.45. The maximum absolute atomic E-state index is 11.5. The van der Waals surface area contributed by atoms with E-state index in [0.717, 1.165) is 17.0 Å². The normalized spacial score (nSPS) is 10.4. The van der Waals surface area contributed by atoms with E-state index in [0.29, 0.717) is 25.3 Å². The van der Waals surface area contributed by atoms with E-state index in [1.54, 1.807) is 0 Å². The lowest BCUT2D eigenvalue weighted by Crippen LogP contribution is -2.35. The van der Waals surface area contributed by atoms with Crippen molar-refractivity contribution >= 4 is 6.03 Å². The SMILES string of the molecule is Cc1nc(-c2cccc(CNC(=O)NCCCO)c2)n[nH]1. The summed E-state index contributed by atoms with van der Waals surface area (Å²) in [5.74, 6) is 1.40. The van der Waals surface area contributed by atoms with Crippen LogP contribution in [0.1, 0.15) is 17.8 Å². The van der Waals surface area contributed by atoms with Crippen LogP contribution in [0.3, 0.4) is 0 Å². The second-order valence-electron chi connectivity index (χ2n) is 4.63. The van der Waals surface area contributed by atoms with Crippen molar-refractivity contribution in [2.75, 3.05) is 13.2 Å². The zero-order chi connectivity index (χ0) is 15.1. The zero-order valence-corrected chi connectivity index (χ0v) is 11.9. The molecule has 2 rings (SSSR count). The van der Waals surface area contributed by atoms with Gasteiger partial charge in [-0.15, -0.1) is 0 Å². The highest BCUT2D eigenvalue weighted by molar-refractivity contribution is 5.73. The molecule has 0 aliphatic carbocycles. The van der Waals surface area contributed by atoms with Gasteiger partial charge in [-0.05, 0) is 25.0 Å². The average molecular weight is 289 g/mol. The molecule has 0 aliphatic heterocycles. The minimum absolute atomic E-state index is 0.0679. The second kappa shape index (κ2) is 7.39. The molecule has 7 heteroatoms. The first-order chi connectivity index (χ1) is 10.2. The molecule has 0 aliphatic rings. The van der Waals surface area contributed by atoms with E-state index in [1.807, 2.05) is 31.2 Å². The van der Waals surface area contributed by atoms with Crippen LogP contribution in [0.15, 0.2) is 24.3 Å². The van der Waals surface area contributed by atoms with Crippen molar-refractivity contribution in [3.8, 4) is 11.4 Å². The Morgan fingerprint density at radius 1 is 1.38 bits per heavy atom. The molecule has 1 aromatic carbocycles. The quantitative estimate of drug-likeness (QED) is 0.595. The van der Waals surface area contributed by atoms with E-state index in [4.69, 9.17) is 5.11 Å². The van der Waals surface area contributed by atoms with Gasteiger partial charge < -0.3 is 15.7 Å². The average Bonchev–Trinajstić information content (AvgIpc) is 2.92. The first kappa shape index (κ1) is 15.0. The molecule has 2 amide bonds. The molecule has 21 heavy (non-hydrogen) atoms. The van der Waals surface area contributed by atoms with Crippen LogP contribution in [0.5, 0.6) is 0 Å². The molecule has 2 aromatic rings. The van der Waals surface area contributed by atoms with Crippen molar-refractivity contribution in [2.24, 2.45) is 0 Å². The predicted octanol–water partition coefficient (Wildman–Crippen LogP) is 0.962. The van der Waals surface area contributed by atoms with Crippen LogP contribution in [0.25, 0.3) is 11.4 Å². The van der Waals surface area contributed by atoms with Crippen molar-refractivity contribution in [1.82, 2.24) is 25.8 Å². The summed E-state index contributed by atoms with van der Waals surface area (Å²) in [5.41, 5.74) is 1.87. The van der Waals surface area contributed by atoms with Gasteiger partial charge in [-0.2, -0.15) is 5.10 Å². The minimum atomic E-state index is -0.248. The van der Waals surface area contributed by atoms with Gasteiger partial charge in [0.05, 0.1) is 0 Å². The van der Waals surface area contributed by atoms with Crippen LogP contribution in [0, 0.1) is 6.92 Å². The fraction of sp³-hybridized carbons (Fsp3) is 0.357. The van der Waals surface area contributed by atoms with Gasteiger partial charge in [0.1, 0.15) is 5.82 Å². The molecule has 7 nitrogen and oxygen atoms in total. The maximum Gasteiger partial charge on any atom is 0.315 e. The van der Waals surface area contributed by atoms with E-state index in [1.165, 1.54) is 0 Å². The highest BCUT2D eigenvalue weighted by Gasteiger charge is 2.05. The molecule has 0 spiro atoms.